The minimum atomic E-state index is -0.376. The number of hydrogen-bond donors (Lipinski definition) is 0. The summed E-state index contributed by atoms with van der Waals surface area (Å²) in [5, 5.41) is 0. The van der Waals surface area contributed by atoms with E-state index in [1.54, 1.807) is 6.20 Å². The summed E-state index contributed by atoms with van der Waals surface area (Å²) in [6.07, 6.45) is 2.78. The maximum absolute atomic E-state index is 6.03. The van der Waals surface area contributed by atoms with Crippen LogP contribution in [0.5, 0.6) is 5.88 Å². The van der Waals surface area contributed by atoms with Crippen molar-refractivity contribution in [2.75, 3.05) is 26.2 Å². The van der Waals surface area contributed by atoms with E-state index in [-0.39, 0.29) is 18.3 Å². The van der Waals surface area contributed by atoms with Crippen LogP contribution in [0.4, 0.5) is 0 Å². The van der Waals surface area contributed by atoms with Gasteiger partial charge < -0.3 is 18.9 Å². The number of hydrogen-bond acceptors (Lipinski definition) is 5. The zero-order valence-corrected chi connectivity index (χ0v) is 16.0. The lowest BCUT2D eigenvalue weighted by molar-refractivity contribution is 0.00578. The summed E-state index contributed by atoms with van der Waals surface area (Å²) in [5.74, 6) is 0.648. The number of pyridine rings is 1. The average Bonchev–Trinajstić information content (AvgIpc) is 2.76. The highest BCUT2D eigenvalue weighted by molar-refractivity contribution is 6.62. The minimum Gasteiger partial charge on any atom is -0.478 e. The maximum atomic E-state index is 6.03. The van der Waals surface area contributed by atoms with E-state index in [1.165, 1.54) is 0 Å². The van der Waals surface area contributed by atoms with E-state index in [4.69, 9.17) is 14.0 Å². The van der Waals surface area contributed by atoms with E-state index in [1.807, 2.05) is 39.8 Å². The van der Waals surface area contributed by atoms with Gasteiger partial charge >= 0.3 is 7.12 Å². The number of rotatable bonds is 8. The molecule has 2 heterocycles. The number of nitrogens with zero attached hydrogens (tertiary/aromatic N) is 2. The molecule has 0 N–H and O–H groups in total. The van der Waals surface area contributed by atoms with E-state index >= 15 is 0 Å². The molecule has 1 aliphatic rings. The summed E-state index contributed by atoms with van der Waals surface area (Å²) in [6, 6.07) is 3.85. The van der Waals surface area contributed by atoms with Crippen LogP contribution in [0.3, 0.4) is 0 Å². The zero-order chi connectivity index (χ0) is 17.8. The van der Waals surface area contributed by atoms with E-state index in [0.29, 0.717) is 12.5 Å². The van der Waals surface area contributed by atoms with E-state index in [0.717, 1.165) is 31.5 Å². The highest BCUT2D eigenvalue weighted by Crippen LogP contribution is 2.36. The molecule has 0 amide bonds. The third-order valence-corrected chi connectivity index (χ3v) is 5.05. The van der Waals surface area contributed by atoms with Crippen molar-refractivity contribution in [3.63, 3.8) is 0 Å². The van der Waals surface area contributed by atoms with Crippen LogP contribution >= 0.6 is 0 Å². The lowest BCUT2D eigenvalue weighted by atomic mass is 9.80. The van der Waals surface area contributed by atoms with Crippen molar-refractivity contribution in [1.82, 2.24) is 9.88 Å². The molecule has 24 heavy (non-hydrogen) atoms. The Morgan fingerprint density at radius 1 is 1.08 bits per heavy atom. The molecule has 134 valence electrons. The zero-order valence-electron chi connectivity index (χ0n) is 16.0. The fourth-order valence-electron chi connectivity index (χ4n) is 2.60. The fourth-order valence-corrected chi connectivity index (χ4v) is 2.60. The van der Waals surface area contributed by atoms with E-state index in [2.05, 4.69) is 23.7 Å². The van der Waals surface area contributed by atoms with E-state index < -0.39 is 0 Å². The van der Waals surface area contributed by atoms with E-state index in [9.17, 15) is 0 Å². The SMILES string of the molecule is CCN(CC)CCCOc1ccc(B2OC(C)(C)C(C)(C)O2)cn1. The van der Waals surface area contributed by atoms with Gasteiger partial charge in [-0.15, -0.1) is 0 Å². The molecule has 6 heteroatoms. The van der Waals surface area contributed by atoms with Gasteiger partial charge in [-0.05, 0) is 53.3 Å². The van der Waals surface area contributed by atoms with Gasteiger partial charge in [-0.3, -0.25) is 0 Å². The predicted molar refractivity (Wildman–Crippen MR) is 97.9 cm³/mol. The van der Waals surface area contributed by atoms with Crippen LogP contribution in [0.15, 0.2) is 18.3 Å². The molecule has 1 fully saturated rings. The second kappa shape index (κ2) is 7.85. The predicted octanol–water partition coefficient (Wildman–Crippen LogP) is 2.49. The lowest BCUT2D eigenvalue weighted by Gasteiger charge is -2.32. The third kappa shape index (κ3) is 4.49. The van der Waals surface area contributed by atoms with Gasteiger partial charge in [0.1, 0.15) is 0 Å². The maximum Gasteiger partial charge on any atom is 0.496 e. The van der Waals surface area contributed by atoms with Crippen molar-refractivity contribution < 1.29 is 14.0 Å². The molecule has 1 aliphatic heterocycles. The molecule has 0 aromatic carbocycles. The molecule has 0 unspecified atom stereocenters. The first kappa shape index (κ1) is 19.2. The van der Waals surface area contributed by atoms with Crippen LogP contribution in [0.25, 0.3) is 0 Å². The van der Waals surface area contributed by atoms with Gasteiger partial charge in [0.25, 0.3) is 0 Å². The number of aromatic nitrogens is 1. The first-order chi connectivity index (χ1) is 11.3. The summed E-state index contributed by atoms with van der Waals surface area (Å²) in [7, 11) is -0.376. The van der Waals surface area contributed by atoms with Crippen LogP contribution in [0.2, 0.25) is 0 Å². The summed E-state index contributed by atoms with van der Waals surface area (Å²) < 4.78 is 17.8. The monoisotopic (exact) mass is 334 g/mol. The van der Waals surface area contributed by atoms with Crippen LogP contribution in [0, 0.1) is 0 Å². The number of ether oxygens (including phenoxy) is 1. The molecule has 1 aromatic rings. The molecule has 1 aromatic heterocycles. The largest absolute Gasteiger partial charge is 0.496 e. The highest BCUT2D eigenvalue weighted by atomic mass is 16.7. The van der Waals surface area contributed by atoms with Crippen LogP contribution in [0.1, 0.15) is 48.0 Å². The molecule has 0 bridgehead atoms. The molecule has 5 nitrogen and oxygen atoms in total. The third-order valence-electron chi connectivity index (χ3n) is 5.05. The normalized spacial score (nSPS) is 19.0. The van der Waals surface area contributed by atoms with Gasteiger partial charge in [0.15, 0.2) is 0 Å². The molecule has 0 saturated carbocycles. The van der Waals surface area contributed by atoms with Crippen LogP contribution in [-0.2, 0) is 9.31 Å². The average molecular weight is 334 g/mol. The van der Waals surface area contributed by atoms with Gasteiger partial charge in [0.05, 0.1) is 17.8 Å². The Morgan fingerprint density at radius 2 is 1.71 bits per heavy atom. The summed E-state index contributed by atoms with van der Waals surface area (Å²) >= 11 is 0. The molecule has 0 atom stereocenters. The summed E-state index contributed by atoms with van der Waals surface area (Å²) in [4.78, 5) is 6.77. The van der Waals surface area contributed by atoms with Crippen molar-refractivity contribution in [1.29, 1.82) is 0 Å². The Bertz CT molecular complexity index is 500. The Hall–Kier alpha value is -1.11. The first-order valence-corrected chi connectivity index (χ1v) is 8.96. The van der Waals surface area contributed by atoms with Gasteiger partial charge in [0, 0.05) is 18.2 Å². The van der Waals surface area contributed by atoms with Crippen LogP contribution in [-0.4, -0.2) is 54.4 Å². The van der Waals surface area contributed by atoms with Gasteiger partial charge in [0.2, 0.25) is 5.88 Å². The second-order valence-electron chi connectivity index (χ2n) is 7.25. The quantitative estimate of drug-likeness (QED) is 0.540. The van der Waals surface area contributed by atoms with Crippen molar-refractivity contribution in [3.8, 4) is 5.88 Å². The van der Waals surface area contributed by atoms with Crippen molar-refractivity contribution >= 4 is 12.6 Å². The van der Waals surface area contributed by atoms with Gasteiger partial charge in [-0.1, -0.05) is 19.9 Å². The van der Waals surface area contributed by atoms with Gasteiger partial charge in [-0.2, -0.15) is 0 Å². The topological polar surface area (TPSA) is 43.8 Å². The second-order valence-corrected chi connectivity index (χ2v) is 7.25. The molecular weight excluding hydrogens is 303 g/mol. The first-order valence-electron chi connectivity index (χ1n) is 8.96. The fraction of sp³-hybridized carbons (Fsp3) is 0.722. The van der Waals surface area contributed by atoms with Crippen molar-refractivity contribution in [3.05, 3.63) is 18.3 Å². The standard InChI is InChI=1S/C18H31BN2O3/c1-7-21(8-2)12-9-13-22-16-11-10-15(14-20-16)19-23-17(3,4)18(5,6)24-19/h10-11,14H,7-9,12-13H2,1-6H3. The lowest BCUT2D eigenvalue weighted by Crippen LogP contribution is -2.41. The smallest absolute Gasteiger partial charge is 0.478 e. The Balaban J connectivity index is 1.84. The molecule has 2 rings (SSSR count). The Kier molecular flexibility index (Phi) is 6.29. The summed E-state index contributed by atoms with van der Waals surface area (Å²) in [6.45, 7) is 16.5. The summed E-state index contributed by atoms with van der Waals surface area (Å²) in [5.41, 5.74) is 0.248. The minimum absolute atomic E-state index is 0.336. The van der Waals surface area contributed by atoms with Crippen LogP contribution < -0.4 is 10.2 Å². The van der Waals surface area contributed by atoms with Crippen molar-refractivity contribution in [2.24, 2.45) is 0 Å². The molecule has 0 radical (unpaired) electrons. The van der Waals surface area contributed by atoms with Crippen molar-refractivity contribution in [2.45, 2.75) is 59.2 Å². The Morgan fingerprint density at radius 3 is 2.21 bits per heavy atom. The molecule has 0 spiro atoms. The highest BCUT2D eigenvalue weighted by Gasteiger charge is 2.51. The molecular formula is C18H31BN2O3. The molecule has 1 saturated heterocycles. The molecule has 0 aliphatic carbocycles. The Labute approximate surface area is 146 Å². The van der Waals surface area contributed by atoms with Gasteiger partial charge in [-0.25, -0.2) is 4.98 Å².